The molecule has 0 aliphatic carbocycles. The van der Waals surface area contributed by atoms with E-state index >= 15 is 0 Å². The summed E-state index contributed by atoms with van der Waals surface area (Å²) < 4.78 is 0. The predicted molar refractivity (Wildman–Crippen MR) is 72.8 cm³/mol. The Morgan fingerprint density at radius 2 is 1.71 bits per heavy atom. The molecule has 2 heteroatoms. The molecule has 0 bridgehead atoms. The molecule has 0 unspecified atom stereocenters. The minimum atomic E-state index is -0.0482. The van der Waals surface area contributed by atoms with Gasteiger partial charge in [0.1, 0.15) is 0 Å². The van der Waals surface area contributed by atoms with Crippen molar-refractivity contribution in [1.29, 1.82) is 0 Å². The highest BCUT2D eigenvalue weighted by Gasteiger charge is 1.99. The van der Waals surface area contributed by atoms with Crippen molar-refractivity contribution in [3.05, 3.63) is 41.5 Å². The Bertz CT molecular complexity index is 388. The lowest BCUT2D eigenvalue weighted by Crippen LogP contribution is -2.28. The number of carbonyl (C=O) groups excluding carboxylic acids is 1. The monoisotopic (exact) mass is 231 g/mol. The van der Waals surface area contributed by atoms with E-state index in [0.29, 0.717) is 5.92 Å². The van der Waals surface area contributed by atoms with Crippen LogP contribution in [0.25, 0.3) is 6.08 Å². The third kappa shape index (κ3) is 4.85. The molecule has 0 fully saturated rings. The number of hydrogen-bond acceptors (Lipinski definition) is 1. The number of amides is 1. The van der Waals surface area contributed by atoms with Gasteiger partial charge >= 0.3 is 0 Å². The van der Waals surface area contributed by atoms with E-state index in [-0.39, 0.29) is 11.9 Å². The van der Waals surface area contributed by atoms with Gasteiger partial charge in [0.2, 0.25) is 5.91 Å². The summed E-state index contributed by atoms with van der Waals surface area (Å²) in [4.78, 5) is 11.4. The molecular weight excluding hydrogens is 210 g/mol. The van der Waals surface area contributed by atoms with Crippen molar-refractivity contribution in [2.24, 2.45) is 0 Å². The predicted octanol–water partition coefficient (Wildman–Crippen LogP) is 3.35. The Balaban J connectivity index is 2.63. The molecule has 17 heavy (non-hydrogen) atoms. The van der Waals surface area contributed by atoms with Gasteiger partial charge in [-0.25, -0.2) is 0 Å². The van der Waals surface area contributed by atoms with Gasteiger partial charge in [0.05, 0.1) is 0 Å². The van der Waals surface area contributed by atoms with Crippen LogP contribution in [0.5, 0.6) is 0 Å². The van der Waals surface area contributed by atoms with E-state index in [4.69, 9.17) is 0 Å². The summed E-state index contributed by atoms with van der Waals surface area (Å²) in [6.07, 6.45) is 3.41. The normalized spacial score (nSPS) is 11.4. The molecule has 0 heterocycles. The van der Waals surface area contributed by atoms with Crippen molar-refractivity contribution < 1.29 is 4.79 Å². The van der Waals surface area contributed by atoms with E-state index in [2.05, 4.69) is 31.3 Å². The standard InChI is InChI=1S/C15H21NO/c1-11(2)14-8-5-13(6-9-14)7-10-15(17)16-12(3)4/h5-12H,1-4H3,(H,16,17)/b10-7-. The second kappa shape index (κ2) is 6.24. The molecule has 0 spiro atoms. The van der Waals surface area contributed by atoms with Crippen molar-refractivity contribution in [3.8, 4) is 0 Å². The lowest BCUT2D eigenvalue weighted by molar-refractivity contribution is -0.116. The Morgan fingerprint density at radius 1 is 1.12 bits per heavy atom. The fourth-order valence-electron chi connectivity index (χ4n) is 1.50. The van der Waals surface area contributed by atoms with Gasteiger partial charge in [-0.15, -0.1) is 0 Å². The fourth-order valence-corrected chi connectivity index (χ4v) is 1.50. The van der Waals surface area contributed by atoms with Crippen molar-refractivity contribution in [2.45, 2.75) is 39.7 Å². The second-order valence-electron chi connectivity index (χ2n) is 4.82. The summed E-state index contributed by atoms with van der Waals surface area (Å²) in [6.45, 7) is 8.23. The smallest absolute Gasteiger partial charge is 0.244 e. The lowest BCUT2D eigenvalue weighted by Gasteiger charge is -2.05. The molecule has 0 aliphatic heterocycles. The largest absolute Gasteiger partial charge is 0.350 e. The Labute approximate surface area is 104 Å². The van der Waals surface area contributed by atoms with Crippen LogP contribution in [-0.2, 0) is 4.79 Å². The Kier molecular flexibility index (Phi) is 4.95. The molecule has 0 atom stereocenters. The van der Waals surface area contributed by atoms with E-state index in [1.165, 1.54) is 5.56 Å². The number of nitrogens with one attached hydrogen (secondary N) is 1. The van der Waals surface area contributed by atoms with E-state index in [1.54, 1.807) is 6.08 Å². The zero-order valence-electron chi connectivity index (χ0n) is 11.0. The molecule has 0 aliphatic rings. The highest BCUT2D eigenvalue weighted by atomic mass is 16.1. The first kappa shape index (κ1) is 13.5. The molecule has 1 aromatic carbocycles. The van der Waals surface area contributed by atoms with Crippen LogP contribution in [0.15, 0.2) is 30.3 Å². The molecule has 0 saturated carbocycles. The third-order valence-electron chi connectivity index (χ3n) is 2.46. The number of rotatable bonds is 4. The van der Waals surface area contributed by atoms with Crippen LogP contribution in [0, 0.1) is 0 Å². The first-order valence-electron chi connectivity index (χ1n) is 6.07. The van der Waals surface area contributed by atoms with Crippen molar-refractivity contribution in [1.82, 2.24) is 5.32 Å². The summed E-state index contributed by atoms with van der Waals surface area (Å²) in [6, 6.07) is 8.45. The SMILES string of the molecule is CC(C)NC(=O)/C=C\c1ccc(C(C)C)cc1. The van der Waals surface area contributed by atoms with Crippen LogP contribution in [-0.4, -0.2) is 11.9 Å². The van der Waals surface area contributed by atoms with Gasteiger partial charge in [-0.2, -0.15) is 0 Å². The van der Waals surface area contributed by atoms with E-state index in [9.17, 15) is 4.79 Å². The molecule has 1 N–H and O–H groups in total. The Morgan fingerprint density at radius 3 is 2.18 bits per heavy atom. The van der Waals surface area contributed by atoms with Crippen molar-refractivity contribution in [2.75, 3.05) is 0 Å². The van der Waals surface area contributed by atoms with Gasteiger partial charge in [0, 0.05) is 12.1 Å². The summed E-state index contributed by atoms with van der Waals surface area (Å²) >= 11 is 0. The fraction of sp³-hybridized carbons (Fsp3) is 0.400. The van der Waals surface area contributed by atoms with Crippen LogP contribution >= 0.6 is 0 Å². The van der Waals surface area contributed by atoms with Gasteiger partial charge < -0.3 is 5.32 Å². The molecular formula is C15H21NO. The van der Waals surface area contributed by atoms with Gasteiger partial charge in [-0.3, -0.25) is 4.79 Å². The molecule has 1 aromatic rings. The summed E-state index contributed by atoms with van der Waals surface area (Å²) in [5.41, 5.74) is 2.36. The molecule has 2 nitrogen and oxygen atoms in total. The van der Waals surface area contributed by atoms with Crippen LogP contribution in [0.4, 0.5) is 0 Å². The lowest BCUT2D eigenvalue weighted by atomic mass is 10.0. The zero-order chi connectivity index (χ0) is 12.8. The molecule has 92 valence electrons. The van der Waals surface area contributed by atoms with Gasteiger partial charge in [0.25, 0.3) is 0 Å². The number of benzene rings is 1. The minimum absolute atomic E-state index is 0.0482. The molecule has 0 saturated heterocycles. The summed E-state index contributed by atoms with van der Waals surface area (Å²) in [7, 11) is 0. The molecule has 1 rings (SSSR count). The van der Waals surface area contributed by atoms with Crippen molar-refractivity contribution in [3.63, 3.8) is 0 Å². The number of hydrogen-bond donors (Lipinski definition) is 1. The average molecular weight is 231 g/mol. The quantitative estimate of drug-likeness (QED) is 0.791. The van der Waals surface area contributed by atoms with Crippen LogP contribution < -0.4 is 5.32 Å². The van der Waals surface area contributed by atoms with Gasteiger partial charge in [-0.1, -0.05) is 38.1 Å². The number of carbonyl (C=O) groups is 1. The topological polar surface area (TPSA) is 29.1 Å². The first-order chi connectivity index (χ1) is 7.99. The average Bonchev–Trinajstić information content (AvgIpc) is 2.26. The maximum atomic E-state index is 11.4. The highest BCUT2D eigenvalue weighted by molar-refractivity contribution is 5.91. The molecule has 0 aromatic heterocycles. The molecule has 1 amide bonds. The minimum Gasteiger partial charge on any atom is -0.350 e. The molecule has 0 radical (unpaired) electrons. The maximum absolute atomic E-state index is 11.4. The first-order valence-corrected chi connectivity index (χ1v) is 6.07. The van der Waals surface area contributed by atoms with E-state index in [1.807, 2.05) is 32.1 Å². The van der Waals surface area contributed by atoms with Crippen molar-refractivity contribution >= 4 is 12.0 Å². The van der Waals surface area contributed by atoms with Crippen LogP contribution in [0.1, 0.15) is 44.7 Å². The van der Waals surface area contributed by atoms with Gasteiger partial charge in [-0.05, 0) is 37.0 Å². The zero-order valence-corrected chi connectivity index (χ0v) is 11.0. The maximum Gasteiger partial charge on any atom is 0.244 e. The summed E-state index contributed by atoms with van der Waals surface area (Å²) in [5.74, 6) is 0.491. The van der Waals surface area contributed by atoms with Crippen LogP contribution in [0.3, 0.4) is 0 Å². The van der Waals surface area contributed by atoms with E-state index in [0.717, 1.165) is 5.56 Å². The van der Waals surface area contributed by atoms with Gasteiger partial charge in [0.15, 0.2) is 0 Å². The van der Waals surface area contributed by atoms with Crippen LogP contribution in [0.2, 0.25) is 0 Å². The Hall–Kier alpha value is -1.57. The summed E-state index contributed by atoms with van der Waals surface area (Å²) in [5, 5.41) is 2.82. The second-order valence-corrected chi connectivity index (χ2v) is 4.82. The highest BCUT2D eigenvalue weighted by Crippen LogP contribution is 2.15. The van der Waals surface area contributed by atoms with E-state index < -0.39 is 0 Å². The third-order valence-corrected chi connectivity index (χ3v) is 2.46.